The Balaban J connectivity index is 1.16. The molecule has 0 saturated carbocycles. The minimum Gasteiger partial charge on any atom is -0.310 e. The Morgan fingerprint density at radius 3 is 1.60 bits per heavy atom. The van der Waals surface area contributed by atoms with Crippen LogP contribution in [0.3, 0.4) is 0 Å². The number of nitrogens with zero attached hydrogens (tertiary/aromatic N) is 4. The number of hydrogen-bond acceptors (Lipinski definition) is 2. The second kappa shape index (κ2) is 13.9. The summed E-state index contributed by atoms with van der Waals surface area (Å²) < 4.78 is 10.4. The molecule has 0 N–H and O–H groups in total. The maximum atomic E-state index is 2.68. The van der Waals surface area contributed by atoms with E-state index < -0.39 is 0 Å². The van der Waals surface area contributed by atoms with Crippen LogP contribution in [0.5, 0.6) is 0 Å². The van der Waals surface area contributed by atoms with Gasteiger partial charge in [0.2, 0.25) is 0 Å². The van der Waals surface area contributed by atoms with Crippen molar-refractivity contribution in [3.63, 3.8) is 0 Å². The lowest BCUT2D eigenvalue weighted by atomic mass is 9.36. The monoisotopic (exact) mass is 916 g/mol. The van der Waals surface area contributed by atoms with E-state index in [0.717, 1.165) is 11.4 Å². The molecule has 6 heteroatoms. The van der Waals surface area contributed by atoms with Crippen LogP contribution in [0.1, 0.15) is 52.7 Å². The van der Waals surface area contributed by atoms with Crippen LogP contribution in [0.15, 0.2) is 188 Å². The summed E-state index contributed by atoms with van der Waals surface area (Å²) in [4.78, 5) is 2.65. The Kier molecular flexibility index (Phi) is 7.98. The number of anilines is 3. The van der Waals surface area contributed by atoms with Crippen molar-refractivity contribution in [3.8, 4) is 17.1 Å². The number of benzene rings is 9. The summed E-state index contributed by atoms with van der Waals surface area (Å²) in [5.74, 6) is 0. The molecule has 0 saturated heterocycles. The zero-order chi connectivity index (χ0) is 46.9. The second-order valence-corrected chi connectivity index (χ2v) is 22.8. The molecule has 0 radical (unpaired) electrons. The van der Waals surface area contributed by atoms with Gasteiger partial charge >= 0.3 is 0 Å². The molecule has 70 heavy (non-hydrogen) atoms. The van der Waals surface area contributed by atoms with Gasteiger partial charge in [0.05, 0.1) is 39.0 Å². The maximum Gasteiger partial charge on any atom is 0.264 e. The van der Waals surface area contributed by atoms with E-state index in [2.05, 4.69) is 248 Å². The van der Waals surface area contributed by atoms with E-state index in [0.29, 0.717) is 0 Å². The molecule has 334 valence electrons. The average Bonchev–Trinajstić information content (AvgIpc) is 4.12. The molecule has 6 heterocycles. The number of rotatable bonds is 3. The van der Waals surface area contributed by atoms with E-state index >= 15 is 0 Å². The van der Waals surface area contributed by atoms with E-state index in [1.54, 1.807) is 0 Å². The Morgan fingerprint density at radius 1 is 0.386 bits per heavy atom. The minimum absolute atomic E-state index is 0.00349. The van der Waals surface area contributed by atoms with E-state index in [9.17, 15) is 0 Å². The molecule has 2 aliphatic rings. The van der Waals surface area contributed by atoms with Gasteiger partial charge in [-0.2, -0.15) is 0 Å². The molecular weight excluding hydrogens is 868 g/mol. The van der Waals surface area contributed by atoms with Gasteiger partial charge in [0.15, 0.2) is 0 Å². The van der Waals surface area contributed by atoms with Crippen LogP contribution in [0.2, 0.25) is 0 Å². The highest BCUT2D eigenvalue weighted by Crippen LogP contribution is 2.50. The van der Waals surface area contributed by atoms with Crippen molar-refractivity contribution in [1.29, 1.82) is 0 Å². The third-order valence-electron chi connectivity index (χ3n) is 15.7. The number of fused-ring (bicyclic) bond motifs is 16. The van der Waals surface area contributed by atoms with Crippen LogP contribution in [0.4, 0.5) is 17.1 Å². The quantitative estimate of drug-likeness (QED) is 0.162. The fraction of sp³-hybridized carbons (Fsp3) is 0.125. The summed E-state index contributed by atoms with van der Waals surface area (Å²) in [7, 11) is 0. The first kappa shape index (κ1) is 40.1. The Morgan fingerprint density at radius 2 is 0.929 bits per heavy atom. The van der Waals surface area contributed by atoms with E-state index in [4.69, 9.17) is 0 Å². The van der Waals surface area contributed by atoms with Crippen LogP contribution >= 0.6 is 11.3 Å². The van der Waals surface area contributed by atoms with Crippen LogP contribution in [0, 0.1) is 0 Å². The number of thiophene rings is 1. The first-order valence-electron chi connectivity index (χ1n) is 24.7. The topological polar surface area (TPSA) is 18.0 Å². The predicted octanol–water partition coefficient (Wildman–Crippen LogP) is 15.4. The number of aromatic nitrogens is 3. The molecule has 0 atom stereocenters. The highest BCUT2D eigenvalue weighted by Gasteiger charge is 2.45. The molecule has 13 aromatic rings. The standard InChI is InChI=1S/C64H49BN4S/c1-63(2,3)38-27-30-41(31-28-38)68-54-36-42(66-51-24-13-10-19-43(51)44-20-11-14-25-52(44)66)37-55-57(54)65(62-61(68)49-35-39(64(4,5)6)29-34-56(49)70-62)50-23-16-22-46-48-33-32-47-45-21-12-15-26-53(45)67(40-17-8-7-9-18-40)59(47)60(48)69(55)58(46)50/h7-37H,1-6H3. The molecule has 4 nitrogen and oxygen atoms in total. The molecule has 0 spiro atoms. The molecule has 2 aliphatic heterocycles. The number of para-hydroxylation sites is 5. The molecule has 0 unspecified atom stereocenters. The van der Waals surface area contributed by atoms with Gasteiger partial charge in [0, 0.05) is 75.4 Å². The second-order valence-electron chi connectivity index (χ2n) is 21.7. The first-order valence-corrected chi connectivity index (χ1v) is 25.5. The fourth-order valence-electron chi connectivity index (χ4n) is 12.5. The van der Waals surface area contributed by atoms with Crippen molar-refractivity contribution >= 4 is 126 Å². The largest absolute Gasteiger partial charge is 0.310 e. The van der Waals surface area contributed by atoms with Gasteiger partial charge in [-0.05, 0) is 99.6 Å². The van der Waals surface area contributed by atoms with Gasteiger partial charge in [0.1, 0.15) is 0 Å². The molecule has 0 fully saturated rings. The SMILES string of the molecule is CC(C)(C)c1ccc(N2c3cc(-n4c5ccccc5c5ccccc54)cc4c3B(c3sc5ccc(C(C)(C)C)cc5c32)c2cccc3c5ccc6c7ccccc7n(-c7ccccc7)c6c5n-4c23)cc1. The zero-order valence-corrected chi connectivity index (χ0v) is 41.0. The molecule has 0 bridgehead atoms. The van der Waals surface area contributed by atoms with Crippen LogP contribution in [-0.2, 0) is 10.8 Å². The smallest absolute Gasteiger partial charge is 0.264 e. The van der Waals surface area contributed by atoms with Crippen LogP contribution < -0.4 is 20.6 Å². The normalized spacial score (nSPS) is 13.5. The summed E-state index contributed by atoms with van der Waals surface area (Å²) in [6.07, 6.45) is 0. The van der Waals surface area contributed by atoms with E-state index in [1.807, 2.05) is 11.3 Å². The van der Waals surface area contributed by atoms with Crippen molar-refractivity contribution in [2.45, 2.75) is 52.4 Å². The Bertz CT molecular complexity index is 4320. The molecule has 0 amide bonds. The summed E-state index contributed by atoms with van der Waals surface area (Å²) >= 11 is 1.98. The minimum atomic E-state index is -0.0173. The van der Waals surface area contributed by atoms with E-state index in [1.165, 1.54) is 125 Å². The zero-order valence-electron chi connectivity index (χ0n) is 40.2. The van der Waals surface area contributed by atoms with Gasteiger partial charge in [-0.1, -0.05) is 163 Å². The van der Waals surface area contributed by atoms with E-state index in [-0.39, 0.29) is 17.5 Å². The third-order valence-corrected chi connectivity index (χ3v) is 16.9. The van der Waals surface area contributed by atoms with Gasteiger partial charge < -0.3 is 18.6 Å². The molecule has 0 aliphatic carbocycles. The lowest BCUT2D eigenvalue weighted by molar-refractivity contribution is 0.590. The van der Waals surface area contributed by atoms with Crippen molar-refractivity contribution in [2.24, 2.45) is 0 Å². The van der Waals surface area contributed by atoms with Gasteiger partial charge in [-0.25, -0.2) is 0 Å². The van der Waals surface area contributed by atoms with Crippen LogP contribution in [-0.4, -0.2) is 20.4 Å². The maximum absolute atomic E-state index is 2.68. The van der Waals surface area contributed by atoms with Gasteiger partial charge in [-0.15, -0.1) is 11.3 Å². The molecule has 4 aromatic heterocycles. The highest BCUT2D eigenvalue weighted by molar-refractivity contribution is 7.33. The molecular formula is C64H49BN4S. The number of hydrogen-bond donors (Lipinski definition) is 0. The average molecular weight is 917 g/mol. The van der Waals surface area contributed by atoms with Crippen molar-refractivity contribution in [1.82, 2.24) is 13.7 Å². The summed E-state index contributed by atoms with van der Waals surface area (Å²) in [5.41, 5.74) is 19.9. The first-order chi connectivity index (χ1) is 34.0. The van der Waals surface area contributed by atoms with Crippen molar-refractivity contribution < 1.29 is 0 Å². The van der Waals surface area contributed by atoms with Gasteiger partial charge in [-0.3, -0.25) is 0 Å². The Labute approximate surface area is 411 Å². The lowest BCUT2D eigenvalue weighted by Crippen LogP contribution is -2.59. The summed E-state index contributed by atoms with van der Waals surface area (Å²) in [6.45, 7) is 13.9. The fourth-order valence-corrected chi connectivity index (χ4v) is 13.8. The van der Waals surface area contributed by atoms with Gasteiger partial charge in [0.25, 0.3) is 6.71 Å². The predicted molar refractivity (Wildman–Crippen MR) is 302 cm³/mol. The summed E-state index contributed by atoms with van der Waals surface area (Å²) in [6, 6.07) is 71.5. The third kappa shape index (κ3) is 5.32. The highest BCUT2D eigenvalue weighted by atomic mass is 32.1. The molecule has 15 rings (SSSR count). The lowest BCUT2D eigenvalue weighted by Gasteiger charge is -2.39. The van der Waals surface area contributed by atoms with Crippen LogP contribution in [0.25, 0.3) is 92.6 Å². The Hall–Kier alpha value is -7.80. The van der Waals surface area contributed by atoms with Crippen molar-refractivity contribution in [3.05, 3.63) is 199 Å². The summed E-state index contributed by atoms with van der Waals surface area (Å²) in [5, 5.41) is 8.88. The van der Waals surface area contributed by atoms with Crippen molar-refractivity contribution in [2.75, 3.05) is 4.90 Å². The molecule has 9 aromatic carbocycles.